The second-order valence-corrected chi connectivity index (χ2v) is 9.07. The molecule has 2 heterocycles. The van der Waals surface area contributed by atoms with Crippen LogP contribution < -0.4 is 4.74 Å². The van der Waals surface area contributed by atoms with Gasteiger partial charge in [-0.1, -0.05) is 12.1 Å². The molecule has 1 unspecified atom stereocenters. The summed E-state index contributed by atoms with van der Waals surface area (Å²) in [6.07, 6.45) is 4.17. The van der Waals surface area contributed by atoms with Gasteiger partial charge in [0.2, 0.25) is 0 Å². The molecule has 1 fully saturated rings. The highest BCUT2D eigenvalue weighted by Crippen LogP contribution is 2.31. The summed E-state index contributed by atoms with van der Waals surface area (Å²) in [6, 6.07) is 6.29. The molecule has 0 saturated carbocycles. The second kappa shape index (κ2) is 5.39. The van der Waals surface area contributed by atoms with Gasteiger partial charge in [0.1, 0.15) is 11.4 Å². The van der Waals surface area contributed by atoms with Crippen molar-refractivity contribution in [2.45, 2.75) is 39.0 Å². The first-order valence-electron chi connectivity index (χ1n) is 7.70. The van der Waals surface area contributed by atoms with Crippen molar-refractivity contribution in [2.24, 2.45) is 0 Å². The van der Waals surface area contributed by atoms with E-state index in [0.717, 1.165) is 17.9 Å². The smallest absolute Gasteiger partial charge is 0.153 e. The monoisotopic (exact) mass is 321 g/mol. The number of nitrogens with zero attached hydrogens (tertiary/aromatic N) is 1. The van der Waals surface area contributed by atoms with Crippen LogP contribution in [-0.4, -0.2) is 43.0 Å². The highest BCUT2D eigenvalue weighted by Gasteiger charge is 2.28. The molecule has 1 aromatic rings. The minimum Gasteiger partial charge on any atom is -0.483 e. The molecule has 5 heteroatoms. The SMILES string of the molecule is CC1CS(=O)(=O)CCN1Cc1ccc2c(c1)C=CC(C)(C)O2. The van der Waals surface area contributed by atoms with Crippen molar-refractivity contribution in [3.8, 4) is 5.75 Å². The standard InChI is InChI=1S/C17H23NO3S/c1-13-12-22(19,20)9-8-18(13)11-14-4-5-16-15(10-14)6-7-17(2,3)21-16/h4-7,10,13H,8-9,11-12H2,1-3H3. The van der Waals surface area contributed by atoms with Gasteiger partial charge < -0.3 is 4.74 Å². The summed E-state index contributed by atoms with van der Waals surface area (Å²) in [5.41, 5.74) is 2.02. The Hall–Kier alpha value is -1.33. The Kier molecular flexibility index (Phi) is 3.81. The van der Waals surface area contributed by atoms with Crippen LogP contribution in [-0.2, 0) is 16.4 Å². The molecule has 22 heavy (non-hydrogen) atoms. The Morgan fingerprint density at radius 2 is 2.14 bits per heavy atom. The molecule has 0 aromatic heterocycles. The molecule has 4 nitrogen and oxygen atoms in total. The molecule has 0 N–H and O–H groups in total. The van der Waals surface area contributed by atoms with E-state index in [1.54, 1.807) is 0 Å². The maximum Gasteiger partial charge on any atom is 0.153 e. The summed E-state index contributed by atoms with van der Waals surface area (Å²) in [6.45, 7) is 7.45. The lowest BCUT2D eigenvalue weighted by Crippen LogP contribution is -2.46. The van der Waals surface area contributed by atoms with Gasteiger partial charge in [-0.25, -0.2) is 8.42 Å². The third kappa shape index (κ3) is 3.36. The summed E-state index contributed by atoms with van der Waals surface area (Å²) >= 11 is 0. The molecular formula is C17H23NO3S. The van der Waals surface area contributed by atoms with Crippen molar-refractivity contribution in [1.29, 1.82) is 0 Å². The Balaban J connectivity index is 1.75. The van der Waals surface area contributed by atoms with Crippen LogP contribution >= 0.6 is 0 Å². The van der Waals surface area contributed by atoms with E-state index in [1.807, 2.05) is 26.8 Å². The topological polar surface area (TPSA) is 46.6 Å². The number of benzene rings is 1. The first-order chi connectivity index (χ1) is 10.2. The Bertz CT molecular complexity index is 707. The van der Waals surface area contributed by atoms with Crippen LogP contribution in [0.25, 0.3) is 6.08 Å². The predicted octanol–water partition coefficient (Wildman–Crippen LogP) is 2.49. The molecule has 2 aliphatic heterocycles. The molecule has 0 bridgehead atoms. The van der Waals surface area contributed by atoms with Crippen molar-refractivity contribution in [3.63, 3.8) is 0 Å². The molecule has 0 aliphatic carbocycles. The van der Waals surface area contributed by atoms with E-state index in [-0.39, 0.29) is 23.1 Å². The van der Waals surface area contributed by atoms with E-state index in [4.69, 9.17) is 4.74 Å². The summed E-state index contributed by atoms with van der Waals surface area (Å²) in [4.78, 5) is 2.24. The molecule has 0 amide bonds. The van der Waals surface area contributed by atoms with E-state index in [1.165, 1.54) is 5.56 Å². The van der Waals surface area contributed by atoms with Gasteiger partial charge >= 0.3 is 0 Å². The molecular weight excluding hydrogens is 298 g/mol. The predicted molar refractivity (Wildman–Crippen MR) is 88.7 cm³/mol. The van der Waals surface area contributed by atoms with E-state index in [0.29, 0.717) is 6.54 Å². The Morgan fingerprint density at radius 1 is 1.36 bits per heavy atom. The largest absolute Gasteiger partial charge is 0.483 e. The van der Waals surface area contributed by atoms with Crippen LogP contribution in [0.1, 0.15) is 31.9 Å². The zero-order valence-electron chi connectivity index (χ0n) is 13.4. The van der Waals surface area contributed by atoms with E-state index in [2.05, 4.69) is 29.2 Å². The minimum absolute atomic E-state index is 0.0699. The molecule has 1 atom stereocenters. The average Bonchev–Trinajstić information content (AvgIpc) is 2.41. The van der Waals surface area contributed by atoms with Crippen molar-refractivity contribution in [1.82, 2.24) is 4.90 Å². The Labute approximate surface area is 132 Å². The van der Waals surface area contributed by atoms with Gasteiger partial charge in [0, 0.05) is 24.7 Å². The highest BCUT2D eigenvalue weighted by molar-refractivity contribution is 7.91. The molecule has 3 rings (SSSR count). The summed E-state index contributed by atoms with van der Waals surface area (Å²) in [7, 11) is -2.86. The van der Waals surface area contributed by atoms with Gasteiger partial charge in [0.05, 0.1) is 11.5 Å². The lowest BCUT2D eigenvalue weighted by Gasteiger charge is -2.33. The fraction of sp³-hybridized carbons (Fsp3) is 0.529. The fourth-order valence-corrected chi connectivity index (χ4v) is 4.65. The van der Waals surface area contributed by atoms with Crippen molar-refractivity contribution >= 4 is 15.9 Å². The minimum atomic E-state index is -2.86. The van der Waals surface area contributed by atoms with E-state index in [9.17, 15) is 8.42 Å². The average molecular weight is 321 g/mol. The summed E-state index contributed by atoms with van der Waals surface area (Å²) in [5, 5.41) is 0. The maximum absolute atomic E-state index is 11.7. The summed E-state index contributed by atoms with van der Waals surface area (Å²) < 4.78 is 29.3. The number of hydrogen-bond donors (Lipinski definition) is 0. The first kappa shape index (κ1) is 15.6. The highest BCUT2D eigenvalue weighted by atomic mass is 32.2. The van der Waals surface area contributed by atoms with Crippen molar-refractivity contribution in [2.75, 3.05) is 18.1 Å². The second-order valence-electron chi connectivity index (χ2n) is 6.84. The summed E-state index contributed by atoms with van der Waals surface area (Å²) in [5.74, 6) is 1.43. The van der Waals surface area contributed by atoms with Crippen LogP contribution in [0, 0.1) is 0 Å². The van der Waals surface area contributed by atoms with Crippen LogP contribution in [0.5, 0.6) is 5.75 Å². The maximum atomic E-state index is 11.7. The number of sulfone groups is 1. The molecule has 120 valence electrons. The molecule has 2 aliphatic rings. The van der Waals surface area contributed by atoms with Gasteiger partial charge in [-0.05, 0) is 44.5 Å². The van der Waals surface area contributed by atoms with Gasteiger partial charge in [-0.2, -0.15) is 0 Å². The molecule has 1 saturated heterocycles. The lowest BCUT2D eigenvalue weighted by molar-refractivity contribution is 0.159. The number of hydrogen-bond acceptors (Lipinski definition) is 4. The van der Waals surface area contributed by atoms with Crippen molar-refractivity contribution < 1.29 is 13.2 Å². The first-order valence-corrected chi connectivity index (χ1v) is 9.52. The zero-order chi connectivity index (χ0) is 16.0. The molecule has 0 spiro atoms. The third-order valence-electron chi connectivity index (χ3n) is 4.31. The van der Waals surface area contributed by atoms with Gasteiger partial charge in [0.25, 0.3) is 0 Å². The lowest BCUT2D eigenvalue weighted by atomic mass is 10.0. The third-order valence-corrected chi connectivity index (χ3v) is 6.10. The van der Waals surface area contributed by atoms with Gasteiger partial charge in [-0.15, -0.1) is 0 Å². The van der Waals surface area contributed by atoms with Gasteiger partial charge in [0.15, 0.2) is 9.84 Å². The van der Waals surface area contributed by atoms with Crippen molar-refractivity contribution in [3.05, 3.63) is 35.4 Å². The fourth-order valence-electron chi connectivity index (χ4n) is 3.03. The molecule has 0 radical (unpaired) electrons. The molecule has 1 aromatic carbocycles. The number of fused-ring (bicyclic) bond motifs is 1. The Morgan fingerprint density at radius 3 is 2.86 bits per heavy atom. The van der Waals surface area contributed by atoms with Crippen LogP contribution in [0.2, 0.25) is 0 Å². The van der Waals surface area contributed by atoms with Crippen LogP contribution in [0.3, 0.4) is 0 Å². The van der Waals surface area contributed by atoms with Gasteiger partial charge in [-0.3, -0.25) is 4.90 Å². The van der Waals surface area contributed by atoms with Crippen LogP contribution in [0.4, 0.5) is 0 Å². The normalized spacial score (nSPS) is 26.2. The quantitative estimate of drug-likeness (QED) is 0.839. The van der Waals surface area contributed by atoms with E-state index >= 15 is 0 Å². The number of ether oxygens (including phenoxy) is 1. The van der Waals surface area contributed by atoms with Crippen LogP contribution in [0.15, 0.2) is 24.3 Å². The van der Waals surface area contributed by atoms with E-state index < -0.39 is 9.84 Å². The zero-order valence-corrected chi connectivity index (χ0v) is 14.2. The number of rotatable bonds is 2.